The van der Waals surface area contributed by atoms with Crippen LogP contribution in [0.4, 0.5) is 4.39 Å². The molecule has 5 rings (SSSR count). The second-order valence-electron chi connectivity index (χ2n) is 7.68. The Kier molecular flexibility index (Phi) is 5.03. The standard InChI is InChI=1S/C24H19FN6O/c1-16-7-8-22-19(10-16)11-20(23-27-28-29-31(22)23)15-30(14-17-4-3-9-26-13-17)24(32)18-5-2-6-21(25)12-18/h2-13H,14-15H2,1H3. The van der Waals surface area contributed by atoms with Crippen molar-refractivity contribution in [3.8, 4) is 0 Å². The SMILES string of the molecule is Cc1ccc2c(c1)cc(CN(Cc1cccnc1)C(=O)c1cccc(F)c1)c1nnnn12. The van der Waals surface area contributed by atoms with Gasteiger partial charge in [0.1, 0.15) is 5.82 Å². The van der Waals surface area contributed by atoms with Gasteiger partial charge < -0.3 is 4.90 Å². The Hall–Kier alpha value is -4.20. The Morgan fingerprint density at radius 2 is 1.97 bits per heavy atom. The number of rotatable bonds is 5. The van der Waals surface area contributed by atoms with E-state index in [9.17, 15) is 9.18 Å². The maximum atomic E-state index is 13.8. The number of nitrogens with zero attached hydrogens (tertiary/aromatic N) is 6. The summed E-state index contributed by atoms with van der Waals surface area (Å²) in [7, 11) is 0. The predicted octanol–water partition coefficient (Wildman–Crippen LogP) is 3.96. The highest BCUT2D eigenvalue weighted by Crippen LogP contribution is 2.23. The number of fused-ring (bicyclic) bond motifs is 3. The number of aromatic nitrogens is 5. The van der Waals surface area contributed by atoms with E-state index in [-0.39, 0.29) is 18.0 Å². The number of carbonyl (C=O) groups is 1. The molecule has 0 N–H and O–H groups in total. The molecule has 0 spiro atoms. The summed E-state index contributed by atoms with van der Waals surface area (Å²) < 4.78 is 15.5. The molecule has 0 atom stereocenters. The lowest BCUT2D eigenvalue weighted by atomic mass is 10.1. The molecule has 0 aliphatic carbocycles. The molecule has 0 aliphatic heterocycles. The van der Waals surface area contributed by atoms with Crippen LogP contribution in [-0.2, 0) is 13.1 Å². The average molecular weight is 426 g/mol. The number of amides is 1. The van der Waals surface area contributed by atoms with Gasteiger partial charge in [-0.3, -0.25) is 9.78 Å². The zero-order chi connectivity index (χ0) is 22.1. The van der Waals surface area contributed by atoms with Crippen LogP contribution in [0.25, 0.3) is 16.6 Å². The van der Waals surface area contributed by atoms with Crippen molar-refractivity contribution in [2.45, 2.75) is 20.0 Å². The number of hydrogen-bond acceptors (Lipinski definition) is 5. The molecule has 0 fully saturated rings. The first kappa shape index (κ1) is 19.7. The summed E-state index contributed by atoms with van der Waals surface area (Å²) >= 11 is 0. The van der Waals surface area contributed by atoms with Crippen molar-refractivity contribution in [2.75, 3.05) is 0 Å². The zero-order valence-corrected chi connectivity index (χ0v) is 17.3. The fourth-order valence-electron chi connectivity index (χ4n) is 3.82. The molecular weight excluding hydrogens is 407 g/mol. The van der Waals surface area contributed by atoms with Crippen molar-refractivity contribution >= 4 is 22.5 Å². The normalized spacial score (nSPS) is 11.2. The van der Waals surface area contributed by atoms with Gasteiger partial charge in [-0.15, -0.1) is 5.10 Å². The summed E-state index contributed by atoms with van der Waals surface area (Å²) in [4.78, 5) is 19.2. The first-order chi connectivity index (χ1) is 15.6. The highest BCUT2D eigenvalue weighted by atomic mass is 19.1. The average Bonchev–Trinajstić information content (AvgIpc) is 3.29. The van der Waals surface area contributed by atoms with E-state index in [1.165, 1.54) is 18.2 Å². The molecule has 0 saturated heterocycles. The molecule has 0 aliphatic rings. The second-order valence-corrected chi connectivity index (χ2v) is 7.68. The number of halogens is 1. The van der Waals surface area contributed by atoms with Crippen molar-refractivity contribution in [2.24, 2.45) is 0 Å². The van der Waals surface area contributed by atoms with Crippen molar-refractivity contribution in [3.05, 3.63) is 101 Å². The maximum Gasteiger partial charge on any atom is 0.254 e. The van der Waals surface area contributed by atoms with Crippen molar-refractivity contribution < 1.29 is 9.18 Å². The molecule has 8 heteroatoms. The van der Waals surface area contributed by atoms with Crippen LogP contribution in [0.15, 0.2) is 73.1 Å². The van der Waals surface area contributed by atoms with E-state index in [0.29, 0.717) is 12.2 Å². The van der Waals surface area contributed by atoms with Gasteiger partial charge in [-0.1, -0.05) is 23.8 Å². The topological polar surface area (TPSA) is 76.3 Å². The van der Waals surface area contributed by atoms with Gasteiger partial charge in [0.05, 0.1) is 12.1 Å². The Labute approximate surface area is 183 Å². The van der Waals surface area contributed by atoms with Crippen LogP contribution < -0.4 is 0 Å². The van der Waals surface area contributed by atoms with E-state index in [1.54, 1.807) is 27.9 Å². The molecule has 158 valence electrons. The number of hydrogen-bond donors (Lipinski definition) is 0. The molecule has 0 unspecified atom stereocenters. The van der Waals surface area contributed by atoms with E-state index in [4.69, 9.17) is 0 Å². The van der Waals surface area contributed by atoms with Gasteiger partial charge in [-0.05, 0) is 65.4 Å². The van der Waals surface area contributed by atoms with Gasteiger partial charge >= 0.3 is 0 Å². The van der Waals surface area contributed by atoms with Gasteiger partial charge in [0.15, 0.2) is 5.65 Å². The molecule has 3 aromatic heterocycles. The van der Waals surface area contributed by atoms with Crippen LogP contribution >= 0.6 is 0 Å². The summed E-state index contributed by atoms with van der Waals surface area (Å²) in [5.74, 6) is -0.745. The molecule has 0 radical (unpaired) electrons. The fourth-order valence-corrected chi connectivity index (χ4v) is 3.82. The minimum Gasteiger partial charge on any atom is -0.330 e. The number of carbonyl (C=O) groups excluding carboxylic acids is 1. The molecular formula is C24H19FN6O. The van der Waals surface area contributed by atoms with Crippen LogP contribution in [0.5, 0.6) is 0 Å². The number of tetrazole rings is 1. The summed E-state index contributed by atoms with van der Waals surface area (Å²) in [5, 5.41) is 13.1. The van der Waals surface area contributed by atoms with Gasteiger partial charge in [0.25, 0.3) is 5.91 Å². The van der Waals surface area contributed by atoms with Gasteiger partial charge in [-0.25, -0.2) is 4.39 Å². The summed E-state index contributed by atoms with van der Waals surface area (Å²) in [5.41, 5.74) is 4.51. The van der Waals surface area contributed by atoms with Crippen LogP contribution in [0.3, 0.4) is 0 Å². The zero-order valence-electron chi connectivity index (χ0n) is 17.3. The molecule has 1 amide bonds. The number of pyridine rings is 2. The lowest BCUT2D eigenvalue weighted by molar-refractivity contribution is 0.0730. The van der Waals surface area contributed by atoms with Gasteiger partial charge in [0, 0.05) is 35.5 Å². The lowest BCUT2D eigenvalue weighted by Gasteiger charge is -2.23. The molecule has 0 bridgehead atoms. The van der Waals surface area contributed by atoms with E-state index >= 15 is 0 Å². The lowest BCUT2D eigenvalue weighted by Crippen LogP contribution is -2.30. The smallest absolute Gasteiger partial charge is 0.254 e. The van der Waals surface area contributed by atoms with Gasteiger partial charge in [-0.2, -0.15) is 4.52 Å². The molecule has 32 heavy (non-hydrogen) atoms. The molecule has 7 nitrogen and oxygen atoms in total. The largest absolute Gasteiger partial charge is 0.330 e. The summed E-state index contributed by atoms with van der Waals surface area (Å²) in [6.45, 7) is 2.58. The predicted molar refractivity (Wildman–Crippen MR) is 117 cm³/mol. The van der Waals surface area contributed by atoms with E-state index in [0.717, 1.165) is 27.6 Å². The van der Waals surface area contributed by atoms with Crippen LogP contribution in [0, 0.1) is 12.7 Å². The first-order valence-corrected chi connectivity index (χ1v) is 10.1. The minimum atomic E-state index is -0.456. The van der Waals surface area contributed by atoms with Gasteiger partial charge in [0.2, 0.25) is 0 Å². The van der Waals surface area contributed by atoms with Crippen LogP contribution in [0.1, 0.15) is 27.0 Å². The van der Waals surface area contributed by atoms with Crippen molar-refractivity contribution in [1.82, 2.24) is 29.9 Å². The molecule has 0 saturated carbocycles. The Morgan fingerprint density at radius 1 is 1.06 bits per heavy atom. The Balaban J connectivity index is 1.59. The summed E-state index contributed by atoms with van der Waals surface area (Å²) in [6, 6.07) is 17.5. The first-order valence-electron chi connectivity index (χ1n) is 10.1. The summed E-state index contributed by atoms with van der Waals surface area (Å²) in [6.07, 6.45) is 3.39. The highest BCUT2D eigenvalue weighted by molar-refractivity contribution is 5.94. The Morgan fingerprint density at radius 3 is 2.78 bits per heavy atom. The van der Waals surface area contributed by atoms with E-state index in [2.05, 4.69) is 26.6 Å². The van der Waals surface area contributed by atoms with Crippen LogP contribution in [-0.4, -0.2) is 35.8 Å². The molecule has 5 aromatic rings. The third kappa shape index (κ3) is 3.78. The quantitative estimate of drug-likeness (QED) is 0.425. The fraction of sp³-hybridized carbons (Fsp3) is 0.125. The third-order valence-electron chi connectivity index (χ3n) is 5.31. The second kappa shape index (κ2) is 8.14. The van der Waals surface area contributed by atoms with Crippen molar-refractivity contribution in [1.29, 1.82) is 0 Å². The number of benzene rings is 2. The maximum absolute atomic E-state index is 13.8. The highest BCUT2D eigenvalue weighted by Gasteiger charge is 2.20. The van der Waals surface area contributed by atoms with Crippen molar-refractivity contribution in [3.63, 3.8) is 0 Å². The monoisotopic (exact) mass is 426 g/mol. The van der Waals surface area contributed by atoms with Crippen LogP contribution in [0.2, 0.25) is 0 Å². The number of aryl methyl sites for hydroxylation is 1. The molecule has 2 aromatic carbocycles. The minimum absolute atomic E-state index is 0.248. The molecule has 3 heterocycles. The third-order valence-corrected chi connectivity index (χ3v) is 5.31. The van der Waals surface area contributed by atoms with E-state index in [1.807, 2.05) is 37.3 Å². The van der Waals surface area contributed by atoms with E-state index < -0.39 is 5.82 Å². The Bertz CT molecular complexity index is 1430.